The minimum Gasteiger partial charge on any atom is -0.342 e. The molecule has 0 bridgehead atoms. The Hall–Kier alpha value is -3.48. The molecule has 2 amide bonds. The summed E-state index contributed by atoms with van der Waals surface area (Å²) in [6, 6.07) is 17.6. The number of aromatic nitrogens is 2. The van der Waals surface area contributed by atoms with Gasteiger partial charge in [-0.25, -0.2) is 0 Å². The molecule has 1 aromatic heterocycles. The maximum Gasteiger partial charge on any atom is 0.230 e. The number of aryl methyl sites for hydroxylation is 1. The molecule has 3 heterocycles. The monoisotopic (exact) mass is 430 g/mol. The molecule has 0 N–H and O–H groups in total. The first-order valence-corrected chi connectivity index (χ1v) is 11.1. The molecular weight excluding hydrogens is 404 g/mol. The first-order valence-electron chi connectivity index (χ1n) is 11.1. The van der Waals surface area contributed by atoms with E-state index in [0.717, 1.165) is 24.1 Å². The van der Waals surface area contributed by atoms with Crippen molar-refractivity contribution in [2.24, 2.45) is 5.92 Å². The smallest absolute Gasteiger partial charge is 0.230 e. The second kappa shape index (κ2) is 8.57. The van der Waals surface area contributed by atoms with Crippen LogP contribution in [-0.4, -0.2) is 46.5 Å². The predicted octanol–water partition coefficient (Wildman–Crippen LogP) is 3.80. The number of anilines is 1. The summed E-state index contributed by atoms with van der Waals surface area (Å²) in [6.45, 7) is 3.77. The van der Waals surface area contributed by atoms with Crippen molar-refractivity contribution in [3.63, 3.8) is 0 Å². The van der Waals surface area contributed by atoms with Gasteiger partial charge in [0.2, 0.25) is 23.5 Å². The number of hydrogen-bond donors (Lipinski definition) is 0. The summed E-state index contributed by atoms with van der Waals surface area (Å²) in [7, 11) is 0. The third-order valence-electron chi connectivity index (χ3n) is 6.45. The Balaban J connectivity index is 1.19. The van der Waals surface area contributed by atoms with Crippen molar-refractivity contribution in [3.8, 4) is 11.4 Å². The number of hydrogen-bond acceptors (Lipinski definition) is 5. The van der Waals surface area contributed by atoms with Gasteiger partial charge in [0.1, 0.15) is 0 Å². The first-order chi connectivity index (χ1) is 15.6. The topological polar surface area (TPSA) is 79.5 Å². The highest BCUT2D eigenvalue weighted by Crippen LogP contribution is 2.31. The summed E-state index contributed by atoms with van der Waals surface area (Å²) in [4.78, 5) is 33.8. The van der Waals surface area contributed by atoms with E-state index in [4.69, 9.17) is 4.52 Å². The fourth-order valence-corrected chi connectivity index (χ4v) is 4.56. The number of amides is 2. The number of carbonyl (C=O) groups excluding carboxylic acids is 2. The van der Waals surface area contributed by atoms with E-state index in [2.05, 4.69) is 10.1 Å². The summed E-state index contributed by atoms with van der Waals surface area (Å²) in [5.74, 6) is 1.19. The van der Waals surface area contributed by atoms with E-state index < -0.39 is 0 Å². The molecule has 164 valence electrons. The van der Waals surface area contributed by atoms with Gasteiger partial charge < -0.3 is 14.3 Å². The lowest BCUT2D eigenvalue weighted by Crippen LogP contribution is -2.42. The number of benzene rings is 2. The molecule has 2 aliphatic heterocycles. The maximum atomic E-state index is 13.1. The maximum absolute atomic E-state index is 13.1. The van der Waals surface area contributed by atoms with Gasteiger partial charge in [0.15, 0.2) is 0 Å². The largest absolute Gasteiger partial charge is 0.342 e. The van der Waals surface area contributed by atoms with E-state index in [9.17, 15) is 9.59 Å². The molecule has 2 aromatic carbocycles. The van der Waals surface area contributed by atoms with Crippen molar-refractivity contribution >= 4 is 17.5 Å². The lowest BCUT2D eigenvalue weighted by Gasteiger charge is -2.32. The van der Waals surface area contributed by atoms with Crippen LogP contribution in [0.3, 0.4) is 0 Å². The second-order valence-corrected chi connectivity index (χ2v) is 8.66. The SMILES string of the molecule is Cc1ccc(-c2noc(C3CCN(C(=O)[C@@H]4CC(=O)N(c5ccccc5)C4)CC3)n2)cc1. The number of likely N-dealkylation sites (tertiary alicyclic amines) is 1. The minimum absolute atomic E-state index is 0.0129. The van der Waals surface area contributed by atoms with E-state index in [-0.39, 0.29) is 30.1 Å². The molecule has 5 rings (SSSR count). The van der Waals surface area contributed by atoms with Crippen LogP contribution in [0.2, 0.25) is 0 Å². The van der Waals surface area contributed by atoms with E-state index >= 15 is 0 Å². The van der Waals surface area contributed by atoms with E-state index in [1.807, 2.05) is 66.4 Å². The van der Waals surface area contributed by atoms with Gasteiger partial charge in [-0.2, -0.15) is 4.98 Å². The number of rotatable bonds is 4. The fraction of sp³-hybridized carbons (Fsp3) is 0.360. The molecule has 7 heteroatoms. The first kappa shape index (κ1) is 20.4. The van der Waals surface area contributed by atoms with E-state index in [1.165, 1.54) is 5.56 Å². The Bertz CT molecular complexity index is 1100. The quantitative estimate of drug-likeness (QED) is 0.629. The average molecular weight is 431 g/mol. The third kappa shape index (κ3) is 4.02. The number of para-hydroxylation sites is 1. The van der Waals surface area contributed by atoms with Gasteiger partial charge >= 0.3 is 0 Å². The second-order valence-electron chi connectivity index (χ2n) is 8.66. The molecule has 3 aromatic rings. The van der Waals surface area contributed by atoms with Crippen LogP contribution < -0.4 is 4.90 Å². The Morgan fingerprint density at radius 1 is 1.03 bits per heavy atom. The molecule has 7 nitrogen and oxygen atoms in total. The van der Waals surface area contributed by atoms with Crippen molar-refractivity contribution in [3.05, 3.63) is 66.1 Å². The molecule has 0 spiro atoms. The number of carbonyl (C=O) groups is 2. The predicted molar refractivity (Wildman–Crippen MR) is 120 cm³/mol. The van der Waals surface area contributed by atoms with Crippen molar-refractivity contribution in [1.82, 2.24) is 15.0 Å². The van der Waals surface area contributed by atoms with Crippen LogP contribution in [0.25, 0.3) is 11.4 Å². The molecular formula is C25H26N4O3. The zero-order chi connectivity index (χ0) is 22.1. The molecule has 2 fully saturated rings. The summed E-state index contributed by atoms with van der Waals surface area (Å²) >= 11 is 0. The summed E-state index contributed by atoms with van der Waals surface area (Å²) in [6.07, 6.45) is 1.84. The van der Waals surface area contributed by atoms with Crippen LogP contribution in [0.1, 0.15) is 36.6 Å². The number of piperidine rings is 1. The van der Waals surface area contributed by atoms with Crippen molar-refractivity contribution < 1.29 is 14.1 Å². The van der Waals surface area contributed by atoms with Crippen molar-refractivity contribution in [2.75, 3.05) is 24.5 Å². The van der Waals surface area contributed by atoms with Gasteiger partial charge in [-0.05, 0) is 31.9 Å². The molecule has 0 radical (unpaired) electrons. The van der Waals surface area contributed by atoms with Crippen molar-refractivity contribution in [1.29, 1.82) is 0 Å². The van der Waals surface area contributed by atoms with Crippen LogP contribution >= 0.6 is 0 Å². The van der Waals surface area contributed by atoms with Crippen LogP contribution in [0, 0.1) is 12.8 Å². The van der Waals surface area contributed by atoms with Gasteiger partial charge in [0, 0.05) is 43.2 Å². The van der Waals surface area contributed by atoms with Crippen LogP contribution in [0.4, 0.5) is 5.69 Å². The van der Waals surface area contributed by atoms with E-state index in [0.29, 0.717) is 31.3 Å². The lowest BCUT2D eigenvalue weighted by molar-refractivity contribution is -0.136. The average Bonchev–Trinajstić information content (AvgIpc) is 3.47. The molecule has 2 aliphatic rings. The molecule has 2 saturated heterocycles. The van der Waals surface area contributed by atoms with Crippen LogP contribution in [-0.2, 0) is 9.59 Å². The summed E-state index contributed by atoms with van der Waals surface area (Å²) < 4.78 is 5.55. The lowest BCUT2D eigenvalue weighted by atomic mass is 9.95. The Labute approximate surface area is 187 Å². The van der Waals surface area contributed by atoms with Crippen LogP contribution in [0.15, 0.2) is 59.1 Å². The zero-order valence-electron chi connectivity index (χ0n) is 18.1. The van der Waals surface area contributed by atoms with Gasteiger partial charge in [0.05, 0.1) is 5.92 Å². The molecule has 0 aliphatic carbocycles. The van der Waals surface area contributed by atoms with Crippen LogP contribution in [0.5, 0.6) is 0 Å². The van der Waals surface area contributed by atoms with Crippen molar-refractivity contribution in [2.45, 2.75) is 32.1 Å². The highest BCUT2D eigenvalue weighted by Gasteiger charge is 2.38. The Morgan fingerprint density at radius 2 is 1.75 bits per heavy atom. The third-order valence-corrected chi connectivity index (χ3v) is 6.45. The van der Waals surface area contributed by atoms with Gasteiger partial charge in [-0.15, -0.1) is 0 Å². The Kier molecular flexibility index (Phi) is 5.47. The van der Waals surface area contributed by atoms with Gasteiger partial charge in [-0.3, -0.25) is 9.59 Å². The number of nitrogens with zero attached hydrogens (tertiary/aromatic N) is 4. The highest BCUT2D eigenvalue weighted by atomic mass is 16.5. The van der Waals surface area contributed by atoms with E-state index in [1.54, 1.807) is 4.90 Å². The normalized spacial score (nSPS) is 19.5. The molecule has 0 unspecified atom stereocenters. The Morgan fingerprint density at radius 3 is 2.47 bits per heavy atom. The molecule has 32 heavy (non-hydrogen) atoms. The highest BCUT2D eigenvalue weighted by molar-refractivity contribution is 6.00. The summed E-state index contributed by atoms with van der Waals surface area (Å²) in [5, 5.41) is 4.14. The minimum atomic E-state index is -0.282. The fourth-order valence-electron chi connectivity index (χ4n) is 4.56. The zero-order valence-corrected chi connectivity index (χ0v) is 18.1. The standard InChI is InChI=1S/C25H26N4O3/c1-17-7-9-18(10-8-17)23-26-24(32-27-23)19-11-13-28(14-12-19)25(31)20-15-22(30)29(16-20)21-5-3-2-4-6-21/h2-10,19-20H,11-16H2,1H3/t20-/m1/s1. The molecule has 1 atom stereocenters. The van der Waals surface area contributed by atoms with Gasteiger partial charge in [-0.1, -0.05) is 53.2 Å². The molecule has 0 saturated carbocycles. The summed E-state index contributed by atoms with van der Waals surface area (Å²) in [5.41, 5.74) is 2.98. The van der Waals surface area contributed by atoms with Gasteiger partial charge in [0.25, 0.3) is 0 Å².